The third-order valence-corrected chi connectivity index (χ3v) is 7.32. The molecule has 0 aromatic carbocycles. The van der Waals surface area contributed by atoms with Crippen LogP contribution < -0.4 is 0 Å². The Bertz CT molecular complexity index is 485. The van der Waals surface area contributed by atoms with E-state index < -0.39 is 10.2 Å². The Morgan fingerprint density at radius 1 is 1.26 bits per heavy atom. The van der Waals surface area contributed by atoms with Gasteiger partial charge in [-0.05, 0) is 24.2 Å². The monoisotopic (exact) mass is 347 g/mol. The van der Waals surface area contributed by atoms with E-state index in [1.54, 1.807) is 25.5 Å². The highest BCUT2D eigenvalue weighted by molar-refractivity contribution is 7.86. The predicted molar refractivity (Wildman–Crippen MR) is 92.5 cm³/mol. The van der Waals surface area contributed by atoms with E-state index >= 15 is 0 Å². The predicted octanol–water partition coefficient (Wildman–Crippen LogP) is 1.11. The average molecular weight is 348 g/mol. The fourth-order valence-corrected chi connectivity index (χ4v) is 5.30. The van der Waals surface area contributed by atoms with Crippen molar-refractivity contribution < 1.29 is 13.2 Å². The van der Waals surface area contributed by atoms with E-state index in [-0.39, 0.29) is 5.41 Å². The van der Waals surface area contributed by atoms with Crippen LogP contribution in [0.25, 0.3) is 0 Å². The van der Waals surface area contributed by atoms with Crippen LogP contribution in [-0.2, 0) is 14.9 Å². The first kappa shape index (κ1) is 19.1. The molecule has 2 heterocycles. The maximum absolute atomic E-state index is 12.3. The van der Waals surface area contributed by atoms with E-state index in [0.717, 1.165) is 39.1 Å². The molecule has 6 nitrogen and oxygen atoms in total. The van der Waals surface area contributed by atoms with Crippen molar-refractivity contribution >= 4 is 10.2 Å². The zero-order valence-electron chi connectivity index (χ0n) is 15.3. The molecule has 1 atom stereocenters. The van der Waals surface area contributed by atoms with Gasteiger partial charge >= 0.3 is 0 Å². The van der Waals surface area contributed by atoms with E-state index in [0.29, 0.717) is 24.9 Å². The lowest BCUT2D eigenvalue weighted by molar-refractivity contribution is 0.0558. The van der Waals surface area contributed by atoms with Crippen molar-refractivity contribution in [3.63, 3.8) is 0 Å². The van der Waals surface area contributed by atoms with Gasteiger partial charge in [0, 0.05) is 59.8 Å². The second-order valence-electron chi connectivity index (χ2n) is 7.79. The molecule has 2 aliphatic rings. The summed E-state index contributed by atoms with van der Waals surface area (Å²) in [6.07, 6.45) is 1.87. The number of piperidine rings is 1. The van der Waals surface area contributed by atoms with Gasteiger partial charge in [0.25, 0.3) is 10.2 Å². The topological polar surface area (TPSA) is 53.1 Å². The highest BCUT2D eigenvalue weighted by atomic mass is 32.2. The van der Waals surface area contributed by atoms with Crippen LogP contribution in [0.3, 0.4) is 0 Å². The summed E-state index contributed by atoms with van der Waals surface area (Å²) in [7, 11) is 1.69. The van der Waals surface area contributed by atoms with Gasteiger partial charge in [-0.2, -0.15) is 17.0 Å². The van der Waals surface area contributed by atoms with Gasteiger partial charge in [0.15, 0.2) is 0 Å². The lowest BCUT2D eigenvalue weighted by Gasteiger charge is -2.42. The summed E-state index contributed by atoms with van der Waals surface area (Å²) in [5, 5.41) is 0. The summed E-state index contributed by atoms with van der Waals surface area (Å²) in [5.41, 5.74) is 0.212. The van der Waals surface area contributed by atoms with Gasteiger partial charge in [-0.1, -0.05) is 13.8 Å². The molecule has 0 radical (unpaired) electrons. The highest BCUT2D eigenvalue weighted by Gasteiger charge is 2.49. The highest BCUT2D eigenvalue weighted by Crippen LogP contribution is 2.45. The summed E-state index contributed by atoms with van der Waals surface area (Å²) < 4.78 is 33.1. The molecule has 0 aromatic heterocycles. The molecule has 2 rings (SSSR count). The van der Waals surface area contributed by atoms with Crippen molar-refractivity contribution in [2.24, 2.45) is 17.3 Å². The van der Waals surface area contributed by atoms with Gasteiger partial charge < -0.3 is 9.64 Å². The fourth-order valence-electron chi connectivity index (χ4n) is 4.19. The van der Waals surface area contributed by atoms with Gasteiger partial charge in [0.05, 0.1) is 6.61 Å². The Balaban J connectivity index is 2.07. The van der Waals surface area contributed by atoms with E-state index in [9.17, 15) is 8.42 Å². The zero-order chi connectivity index (χ0) is 17.3. The van der Waals surface area contributed by atoms with Crippen LogP contribution >= 0.6 is 0 Å². The molecule has 7 heteroatoms. The van der Waals surface area contributed by atoms with Gasteiger partial charge in [-0.3, -0.25) is 0 Å². The van der Waals surface area contributed by atoms with Gasteiger partial charge in [-0.25, -0.2) is 0 Å². The maximum atomic E-state index is 12.3. The van der Waals surface area contributed by atoms with Crippen molar-refractivity contribution in [2.45, 2.75) is 26.7 Å². The molecule has 0 bridgehead atoms. The second-order valence-corrected chi connectivity index (χ2v) is 9.93. The molecule has 0 amide bonds. The molecule has 0 saturated carbocycles. The van der Waals surface area contributed by atoms with Crippen LogP contribution in [0.5, 0.6) is 0 Å². The molecule has 136 valence electrons. The van der Waals surface area contributed by atoms with E-state index in [1.807, 2.05) is 0 Å². The molecule has 2 fully saturated rings. The zero-order valence-corrected chi connectivity index (χ0v) is 16.1. The Morgan fingerprint density at radius 3 is 2.35 bits per heavy atom. The van der Waals surface area contributed by atoms with Crippen LogP contribution in [0, 0.1) is 17.3 Å². The van der Waals surface area contributed by atoms with Gasteiger partial charge in [-0.15, -0.1) is 0 Å². The van der Waals surface area contributed by atoms with Gasteiger partial charge in [0.1, 0.15) is 0 Å². The lowest BCUT2D eigenvalue weighted by atomic mass is 9.71. The summed E-state index contributed by atoms with van der Waals surface area (Å²) in [6, 6.07) is 0. The lowest BCUT2D eigenvalue weighted by Crippen LogP contribution is -2.50. The molecule has 23 heavy (non-hydrogen) atoms. The van der Waals surface area contributed by atoms with Crippen LogP contribution in [-0.4, -0.2) is 82.5 Å². The molecule has 0 N–H and O–H groups in total. The van der Waals surface area contributed by atoms with Crippen molar-refractivity contribution in [3.8, 4) is 0 Å². The average Bonchev–Trinajstić information content (AvgIpc) is 2.76. The minimum absolute atomic E-state index is 0.212. The molecule has 1 unspecified atom stereocenters. The Morgan fingerprint density at radius 2 is 1.87 bits per heavy atom. The third-order valence-electron chi connectivity index (χ3n) is 5.38. The maximum Gasteiger partial charge on any atom is 0.281 e. The number of hydrogen-bond acceptors (Lipinski definition) is 4. The van der Waals surface area contributed by atoms with Crippen LogP contribution in [0.15, 0.2) is 0 Å². The van der Waals surface area contributed by atoms with Gasteiger partial charge in [0.2, 0.25) is 0 Å². The smallest absolute Gasteiger partial charge is 0.281 e. The molecular weight excluding hydrogens is 314 g/mol. The normalized spacial score (nSPS) is 26.7. The van der Waals surface area contributed by atoms with Crippen molar-refractivity contribution in [2.75, 3.05) is 60.5 Å². The van der Waals surface area contributed by atoms with Crippen molar-refractivity contribution in [3.05, 3.63) is 0 Å². The molecule has 0 aromatic rings. The van der Waals surface area contributed by atoms with Crippen molar-refractivity contribution in [1.29, 1.82) is 0 Å². The van der Waals surface area contributed by atoms with E-state index in [1.165, 1.54) is 4.31 Å². The summed E-state index contributed by atoms with van der Waals surface area (Å²) in [4.78, 5) is 2.55. The molecule has 2 saturated heterocycles. The minimum atomic E-state index is -3.29. The second kappa shape index (κ2) is 7.35. The molecular formula is C16H33N3O3S. The molecule has 2 aliphatic heterocycles. The minimum Gasteiger partial charge on any atom is -0.384 e. The number of likely N-dealkylation sites (tertiary alicyclic amines) is 1. The van der Waals surface area contributed by atoms with E-state index in [4.69, 9.17) is 4.74 Å². The van der Waals surface area contributed by atoms with Crippen LogP contribution in [0.1, 0.15) is 26.7 Å². The SMILES string of the molecule is COCC1CN(CC(C)C)CC12CCN(S(=O)(=O)N(C)C)CC2. The first-order chi connectivity index (χ1) is 10.7. The van der Waals surface area contributed by atoms with Crippen molar-refractivity contribution in [1.82, 2.24) is 13.5 Å². The first-order valence-electron chi connectivity index (χ1n) is 8.60. The third kappa shape index (κ3) is 4.07. The summed E-state index contributed by atoms with van der Waals surface area (Å²) >= 11 is 0. The van der Waals surface area contributed by atoms with E-state index in [2.05, 4.69) is 18.7 Å². The summed E-state index contributed by atoms with van der Waals surface area (Å²) in [6.45, 7) is 9.79. The number of ether oxygens (including phenoxy) is 1. The number of rotatable bonds is 6. The van der Waals surface area contributed by atoms with Crippen LogP contribution in [0.2, 0.25) is 0 Å². The Labute approximate surface area is 141 Å². The number of nitrogens with zero attached hydrogens (tertiary/aromatic N) is 3. The summed E-state index contributed by atoms with van der Waals surface area (Å²) in [5.74, 6) is 1.16. The number of hydrogen-bond donors (Lipinski definition) is 0. The standard InChI is InChI=1S/C16H33N3O3S/c1-14(2)10-18-11-15(12-22-5)16(13-18)6-8-19(9-7-16)23(20,21)17(3)4/h14-15H,6-13H2,1-5H3. The fraction of sp³-hybridized carbons (Fsp3) is 1.00. The largest absolute Gasteiger partial charge is 0.384 e. The number of methoxy groups -OCH3 is 1. The Hall–Kier alpha value is -0.210. The quantitative estimate of drug-likeness (QED) is 0.722. The van der Waals surface area contributed by atoms with Crippen LogP contribution in [0.4, 0.5) is 0 Å². The Kier molecular flexibility index (Phi) is 6.11. The molecule has 1 spiro atoms. The first-order valence-corrected chi connectivity index (χ1v) is 10.00. The molecule has 0 aliphatic carbocycles.